The van der Waals surface area contributed by atoms with Gasteiger partial charge in [-0.05, 0) is 37.0 Å². The summed E-state index contributed by atoms with van der Waals surface area (Å²) in [5.41, 5.74) is 2.71. The van der Waals surface area contributed by atoms with Crippen LogP contribution < -0.4 is 4.74 Å². The molecule has 2 aromatic rings. The molecule has 1 aromatic carbocycles. The molecule has 0 bridgehead atoms. The first-order chi connectivity index (χ1) is 11.3. The number of hydrogen-bond donors (Lipinski definition) is 0. The van der Waals surface area contributed by atoms with E-state index >= 15 is 0 Å². The molecule has 1 aromatic heterocycles. The average Bonchev–Trinajstić information content (AvgIpc) is 2.99. The van der Waals surface area contributed by atoms with Gasteiger partial charge in [-0.2, -0.15) is 0 Å². The van der Waals surface area contributed by atoms with Crippen molar-refractivity contribution in [3.63, 3.8) is 0 Å². The van der Waals surface area contributed by atoms with Crippen LogP contribution in [0.25, 0.3) is 0 Å². The molecule has 0 aliphatic carbocycles. The van der Waals surface area contributed by atoms with Crippen molar-refractivity contribution in [1.29, 1.82) is 0 Å². The fourth-order valence-electron chi connectivity index (χ4n) is 2.44. The number of carbonyl (C=O) groups excluding carboxylic acids is 1. The van der Waals surface area contributed by atoms with Gasteiger partial charge >= 0.3 is 0 Å². The molecular formula is C18H25N3O2. The lowest BCUT2D eigenvalue weighted by Crippen LogP contribution is -2.10. The summed E-state index contributed by atoms with van der Waals surface area (Å²) in [6.45, 7) is 5.60. The van der Waals surface area contributed by atoms with Crippen molar-refractivity contribution in [1.82, 2.24) is 15.0 Å². The van der Waals surface area contributed by atoms with Crippen molar-refractivity contribution in [3.05, 3.63) is 41.2 Å². The van der Waals surface area contributed by atoms with Crippen molar-refractivity contribution in [3.8, 4) is 5.75 Å². The fourth-order valence-corrected chi connectivity index (χ4v) is 2.44. The van der Waals surface area contributed by atoms with Crippen LogP contribution in [-0.2, 0) is 19.4 Å². The summed E-state index contributed by atoms with van der Waals surface area (Å²) in [6.07, 6.45) is 5.62. The van der Waals surface area contributed by atoms with Gasteiger partial charge in [-0.25, -0.2) is 4.68 Å². The van der Waals surface area contributed by atoms with Crippen LogP contribution in [0.1, 0.15) is 54.9 Å². The molecule has 0 saturated heterocycles. The van der Waals surface area contributed by atoms with Crippen LogP contribution in [0.4, 0.5) is 0 Å². The second-order valence-electron chi connectivity index (χ2n) is 5.57. The van der Waals surface area contributed by atoms with Crippen molar-refractivity contribution in [2.24, 2.45) is 0 Å². The Bertz CT molecular complexity index is 605. The predicted octanol–water partition coefficient (Wildman–Crippen LogP) is 3.46. The van der Waals surface area contributed by atoms with Crippen LogP contribution in [-0.4, -0.2) is 27.9 Å². The smallest absolute Gasteiger partial charge is 0.172 e. The van der Waals surface area contributed by atoms with E-state index in [-0.39, 0.29) is 0 Å². The fraction of sp³-hybridized carbons (Fsp3) is 0.500. The molecule has 0 unspecified atom stereocenters. The molecule has 0 spiro atoms. The molecule has 0 aliphatic rings. The van der Waals surface area contributed by atoms with Crippen molar-refractivity contribution < 1.29 is 9.53 Å². The summed E-state index contributed by atoms with van der Waals surface area (Å²) in [7, 11) is 0. The van der Waals surface area contributed by atoms with Gasteiger partial charge in [-0.3, -0.25) is 4.79 Å². The number of carbonyl (C=O) groups is 1. The minimum Gasteiger partial charge on any atom is -0.494 e. The van der Waals surface area contributed by atoms with Gasteiger partial charge in [0, 0.05) is 13.0 Å². The number of benzene rings is 1. The molecule has 0 N–H and O–H groups in total. The van der Waals surface area contributed by atoms with Gasteiger partial charge in [0.05, 0.1) is 12.3 Å². The summed E-state index contributed by atoms with van der Waals surface area (Å²) in [4.78, 5) is 11.0. The Hall–Kier alpha value is -2.17. The molecular weight excluding hydrogens is 290 g/mol. The zero-order chi connectivity index (χ0) is 16.5. The highest BCUT2D eigenvalue weighted by Gasteiger charge is 2.11. The summed E-state index contributed by atoms with van der Waals surface area (Å²) >= 11 is 0. The zero-order valence-corrected chi connectivity index (χ0v) is 14.0. The van der Waals surface area contributed by atoms with Gasteiger partial charge in [0.2, 0.25) is 0 Å². The van der Waals surface area contributed by atoms with E-state index in [2.05, 4.69) is 36.3 Å². The Morgan fingerprint density at radius 2 is 1.96 bits per heavy atom. The summed E-state index contributed by atoms with van der Waals surface area (Å²) < 4.78 is 7.59. The molecule has 0 saturated carbocycles. The van der Waals surface area contributed by atoms with Crippen LogP contribution in [0.2, 0.25) is 0 Å². The number of aryl methyl sites for hydroxylation is 2. The van der Waals surface area contributed by atoms with Gasteiger partial charge in [0.25, 0.3) is 0 Å². The molecule has 0 aliphatic heterocycles. The van der Waals surface area contributed by atoms with E-state index in [0.717, 1.165) is 49.8 Å². The molecule has 5 heteroatoms. The van der Waals surface area contributed by atoms with E-state index < -0.39 is 0 Å². The first kappa shape index (κ1) is 17.2. The molecule has 0 atom stereocenters. The van der Waals surface area contributed by atoms with E-state index in [9.17, 15) is 4.79 Å². The summed E-state index contributed by atoms with van der Waals surface area (Å²) in [5, 5.41) is 8.03. The second kappa shape index (κ2) is 9.08. The van der Waals surface area contributed by atoms with Crippen LogP contribution >= 0.6 is 0 Å². The monoisotopic (exact) mass is 315 g/mol. The third-order valence-electron chi connectivity index (χ3n) is 3.86. The van der Waals surface area contributed by atoms with E-state index in [1.54, 1.807) is 0 Å². The van der Waals surface area contributed by atoms with E-state index in [1.165, 1.54) is 5.56 Å². The standard InChI is InChI=1S/C18H25N3O2/c1-3-5-7-18-17(14-22)19-20-21(18)12-6-13-23-16-10-8-15(4-2)9-11-16/h8-11,14H,3-7,12-13H2,1-2H3. The molecule has 0 radical (unpaired) electrons. The zero-order valence-electron chi connectivity index (χ0n) is 14.0. The highest BCUT2D eigenvalue weighted by Crippen LogP contribution is 2.13. The summed E-state index contributed by atoms with van der Waals surface area (Å²) in [6, 6.07) is 8.19. The number of rotatable bonds is 10. The third-order valence-corrected chi connectivity index (χ3v) is 3.86. The SMILES string of the molecule is CCCCc1c(C=O)nnn1CCCOc1ccc(CC)cc1. The van der Waals surface area contributed by atoms with Gasteiger partial charge < -0.3 is 4.74 Å². The van der Waals surface area contributed by atoms with Crippen molar-refractivity contribution in [2.45, 2.75) is 52.5 Å². The molecule has 5 nitrogen and oxygen atoms in total. The van der Waals surface area contributed by atoms with E-state index in [0.29, 0.717) is 18.8 Å². The number of aromatic nitrogens is 3. The van der Waals surface area contributed by atoms with Crippen LogP contribution in [0.5, 0.6) is 5.75 Å². The number of unbranched alkanes of at least 4 members (excludes halogenated alkanes) is 1. The maximum atomic E-state index is 11.0. The molecule has 124 valence electrons. The van der Waals surface area contributed by atoms with E-state index in [4.69, 9.17) is 4.74 Å². The molecule has 0 amide bonds. The first-order valence-electron chi connectivity index (χ1n) is 8.37. The van der Waals surface area contributed by atoms with Crippen molar-refractivity contribution in [2.75, 3.05) is 6.61 Å². The van der Waals surface area contributed by atoms with Gasteiger partial charge in [-0.15, -0.1) is 5.10 Å². The molecule has 2 rings (SSSR count). The Kier molecular flexibility index (Phi) is 6.78. The van der Waals surface area contributed by atoms with E-state index in [1.807, 2.05) is 16.8 Å². The quantitative estimate of drug-likeness (QED) is 0.497. The number of hydrogen-bond acceptors (Lipinski definition) is 4. The van der Waals surface area contributed by atoms with Crippen molar-refractivity contribution >= 4 is 6.29 Å². The highest BCUT2D eigenvalue weighted by atomic mass is 16.5. The normalized spacial score (nSPS) is 10.7. The Balaban J connectivity index is 1.83. The minimum absolute atomic E-state index is 0.467. The predicted molar refractivity (Wildman–Crippen MR) is 90.0 cm³/mol. The summed E-state index contributed by atoms with van der Waals surface area (Å²) in [5.74, 6) is 0.889. The van der Waals surface area contributed by atoms with Crippen LogP contribution in [0.15, 0.2) is 24.3 Å². The maximum Gasteiger partial charge on any atom is 0.172 e. The van der Waals surface area contributed by atoms with Crippen LogP contribution in [0.3, 0.4) is 0 Å². The lowest BCUT2D eigenvalue weighted by Gasteiger charge is -2.08. The lowest BCUT2D eigenvalue weighted by molar-refractivity contribution is 0.111. The first-order valence-corrected chi connectivity index (χ1v) is 8.37. The second-order valence-corrected chi connectivity index (χ2v) is 5.57. The number of ether oxygens (including phenoxy) is 1. The Labute approximate surface area is 137 Å². The Morgan fingerprint density at radius 1 is 1.17 bits per heavy atom. The maximum absolute atomic E-state index is 11.0. The average molecular weight is 315 g/mol. The molecule has 1 heterocycles. The minimum atomic E-state index is 0.467. The lowest BCUT2D eigenvalue weighted by atomic mass is 10.1. The number of aldehydes is 1. The van der Waals surface area contributed by atoms with Crippen LogP contribution in [0, 0.1) is 0 Å². The largest absolute Gasteiger partial charge is 0.494 e. The highest BCUT2D eigenvalue weighted by molar-refractivity contribution is 5.73. The Morgan fingerprint density at radius 3 is 2.61 bits per heavy atom. The van der Waals surface area contributed by atoms with Gasteiger partial charge in [0.1, 0.15) is 11.4 Å². The van der Waals surface area contributed by atoms with Gasteiger partial charge in [-0.1, -0.05) is 37.6 Å². The number of nitrogens with zero attached hydrogens (tertiary/aromatic N) is 3. The molecule has 23 heavy (non-hydrogen) atoms. The van der Waals surface area contributed by atoms with Gasteiger partial charge in [0.15, 0.2) is 6.29 Å². The topological polar surface area (TPSA) is 57.0 Å². The molecule has 0 fully saturated rings. The third kappa shape index (κ3) is 4.91.